The van der Waals surface area contributed by atoms with E-state index in [4.69, 9.17) is 14.2 Å². The van der Waals surface area contributed by atoms with Crippen molar-refractivity contribution in [3.05, 3.63) is 114 Å². The number of rotatable bonds is 9. The van der Waals surface area contributed by atoms with E-state index in [1.54, 1.807) is 48.5 Å². The number of hydrogen-bond acceptors (Lipinski definition) is 7. The molecular weight excluding hydrogens is 512 g/mol. The summed E-state index contributed by atoms with van der Waals surface area (Å²) in [5.41, 5.74) is 1.18. The molecule has 0 atom stereocenters. The molecule has 40 heavy (non-hydrogen) atoms. The number of carbonyl (C=O) groups excluding carboxylic acids is 4. The van der Waals surface area contributed by atoms with Gasteiger partial charge < -0.3 is 19.5 Å². The van der Waals surface area contributed by atoms with Crippen molar-refractivity contribution in [3.8, 4) is 17.2 Å². The maximum atomic E-state index is 13.0. The standard InChI is InChI=1S/C31H24N2O7/c1-2-38-23-15-11-22(12-16-23)33-29(35)26-17-8-20(18-27(26)30(33)36)31(37)39-19-28(34)32-21-9-13-25(14-10-21)40-24-6-4-3-5-7-24/h3-18H,2,19H2,1H3,(H,32,34). The molecule has 9 heteroatoms. The molecule has 0 saturated heterocycles. The van der Waals surface area contributed by atoms with Crippen molar-refractivity contribution in [1.82, 2.24) is 0 Å². The van der Waals surface area contributed by atoms with Crippen molar-refractivity contribution in [2.75, 3.05) is 23.4 Å². The molecule has 5 rings (SSSR count). The Labute approximate surface area is 229 Å². The molecule has 1 aliphatic heterocycles. The van der Waals surface area contributed by atoms with Crippen LogP contribution in [0.4, 0.5) is 11.4 Å². The number of esters is 1. The van der Waals surface area contributed by atoms with E-state index in [0.717, 1.165) is 4.90 Å². The Morgan fingerprint density at radius 1 is 0.750 bits per heavy atom. The van der Waals surface area contributed by atoms with Gasteiger partial charge in [0, 0.05) is 5.69 Å². The Kier molecular flexibility index (Phi) is 7.54. The van der Waals surface area contributed by atoms with Crippen LogP contribution in [0.15, 0.2) is 97.1 Å². The number of anilines is 2. The van der Waals surface area contributed by atoms with Crippen LogP contribution in [-0.2, 0) is 9.53 Å². The highest BCUT2D eigenvalue weighted by molar-refractivity contribution is 6.34. The van der Waals surface area contributed by atoms with Gasteiger partial charge in [-0.3, -0.25) is 14.4 Å². The fourth-order valence-electron chi connectivity index (χ4n) is 4.10. The van der Waals surface area contributed by atoms with Gasteiger partial charge in [-0.25, -0.2) is 9.69 Å². The predicted octanol–water partition coefficient (Wildman–Crippen LogP) is 5.47. The number of hydrogen-bond donors (Lipinski definition) is 1. The van der Waals surface area contributed by atoms with Crippen molar-refractivity contribution < 1.29 is 33.4 Å². The number of fused-ring (bicyclic) bond motifs is 1. The summed E-state index contributed by atoms with van der Waals surface area (Å²) in [6.07, 6.45) is 0. The number of ether oxygens (including phenoxy) is 3. The molecule has 3 amide bonds. The van der Waals surface area contributed by atoms with E-state index in [9.17, 15) is 19.2 Å². The Bertz CT molecular complexity index is 1570. The lowest BCUT2D eigenvalue weighted by Crippen LogP contribution is -2.29. The minimum absolute atomic E-state index is 0.0451. The van der Waals surface area contributed by atoms with E-state index in [0.29, 0.717) is 35.2 Å². The van der Waals surface area contributed by atoms with E-state index >= 15 is 0 Å². The summed E-state index contributed by atoms with van der Waals surface area (Å²) in [6.45, 7) is 1.81. The number of imide groups is 1. The summed E-state index contributed by atoms with van der Waals surface area (Å²) < 4.78 is 16.3. The van der Waals surface area contributed by atoms with Gasteiger partial charge in [0.2, 0.25) is 0 Å². The molecule has 200 valence electrons. The minimum atomic E-state index is -0.802. The van der Waals surface area contributed by atoms with Crippen molar-refractivity contribution in [2.24, 2.45) is 0 Å². The van der Waals surface area contributed by atoms with Gasteiger partial charge in [0.15, 0.2) is 6.61 Å². The van der Waals surface area contributed by atoms with Crippen LogP contribution in [0, 0.1) is 0 Å². The SMILES string of the molecule is CCOc1ccc(N2C(=O)c3ccc(C(=O)OCC(=O)Nc4ccc(Oc5ccccc5)cc4)cc3C2=O)cc1. The topological polar surface area (TPSA) is 111 Å². The van der Waals surface area contributed by atoms with Gasteiger partial charge in [0.25, 0.3) is 17.7 Å². The highest BCUT2D eigenvalue weighted by atomic mass is 16.5. The van der Waals surface area contributed by atoms with Crippen LogP contribution in [0.5, 0.6) is 17.2 Å². The molecule has 0 fully saturated rings. The second kappa shape index (κ2) is 11.5. The highest BCUT2D eigenvalue weighted by Crippen LogP contribution is 2.30. The first-order valence-corrected chi connectivity index (χ1v) is 12.5. The van der Waals surface area contributed by atoms with Crippen molar-refractivity contribution in [1.29, 1.82) is 0 Å². The first-order chi connectivity index (χ1) is 19.4. The maximum absolute atomic E-state index is 13.0. The van der Waals surface area contributed by atoms with E-state index in [1.165, 1.54) is 18.2 Å². The second-order valence-electron chi connectivity index (χ2n) is 8.70. The Morgan fingerprint density at radius 3 is 2.10 bits per heavy atom. The van der Waals surface area contributed by atoms with Gasteiger partial charge in [0.1, 0.15) is 17.2 Å². The zero-order valence-corrected chi connectivity index (χ0v) is 21.5. The smallest absolute Gasteiger partial charge is 0.338 e. The zero-order chi connectivity index (χ0) is 28.1. The fraction of sp³-hybridized carbons (Fsp3) is 0.0968. The predicted molar refractivity (Wildman–Crippen MR) is 147 cm³/mol. The summed E-state index contributed by atoms with van der Waals surface area (Å²) in [5, 5.41) is 2.64. The van der Waals surface area contributed by atoms with Crippen molar-refractivity contribution in [2.45, 2.75) is 6.92 Å². The molecule has 0 bridgehead atoms. The molecule has 0 saturated carbocycles. The molecule has 1 aliphatic rings. The monoisotopic (exact) mass is 536 g/mol. The van der Waals surface area contributed by atoms with E-state index in [2.05, 4.69) is 5.32 Å². The Hall–Kier alpha value is -5.44. The summed E-state index contributed by atoms with van der Waals surface area (Å²) in [4.78, 5) is 51.9. The third kappa shape index (κ3) is 5.68. The van der Waals surface area contributed by atoms with Crippen molar-refractivity contribution >= 4 is 35.1 Å². The van der Waals surface area contributed by atoms with Crippen LogP contribution in [-0.4, -0.2) is 36.9 Å². The van der Waals surface area contributed by atoms with Crippen LogP contribution in [0.2, 0.25) is 0 Å². The number of carbonyl (C=O) groups is 4. The molecule has 0 radical (unpaired) electrons. The molecular formula is C31H24N2O7. The van der Waals surface area contributed by atoms with Crippen molar-refractivity contribution in [3.63, 3.8) is 0 Å². The van der Waals surface area contributed by atoms with Gasteiger partial charge in [-0.15, -0.1) is 0 Å². The lowest BCUT2D eigenvalue weighted by Gasteiger charge is -2.14. The number of para-hydroxylation sites is 1. The van der Waals surface area contributed by atoms with Gasteiger partial charge in [-0.05, 0) is 85.8 Å². The maximum Gasteiger partial charge on any atom is 0.338 e. The van der Waals surface area contributed by atoms with Gasteiger partial charge >= 0.3 is 5.97 Å². The largest absolute Gasteiger partial charge is 0.494 e. The lowest BCUT2D eigenvalue weighted by molar-refractivity contribution is -0.119. The minimum Gasteiger partial charge on any atom is -0.494 e. The molecule has 0 unspecified atom stereocenters. The Balaban J connectivity index is 1.17. The van der Waals surface area contributed by atoms with Gasteiger partial charge in [-0.1, -0.05) is 18.2 Å². The van der Waals surface area contributed by atoms with Crippen LogP contribution in [0.3, 0.4) is 0 Å². The number of nitrogens with one attached hydrogen (secondary N) is 1. The third-order valence-corrected chi connectivity index (χ3v) is 5.98. The highest BCUT2D eigenvalue weighted by Gasteiger charge is 2.37. The number of benzene rings is 4. The Morgan fingerprint density at radius 2 is 1.40 bits per heavy atom. The van der Waals surface area contributed by atoms with Gasteiger partial charge in [0.05, 0.1) is 29.0 Å². The van der Waals surface area contributed by atoms with Gasteiger partial charge in [-0.2, -0.15) is 0 Å². The summed E-state index contributed by atoms with van der Waals surface area (Å²) in [6, 6.07) is 26.7. The molecule has 1 heterocycles. The molecule has 0 aromatic heterocycles. The second-order valence-corrected chi connectivity index (χ2v) is 8.70. The fourth-order valence-corrected chi connectivity index (χ4v) is 4.10. The third-order valence-electron chi connectivity index (χ3n) is 5.98. The van der Waals surface area contributed by atoms with E-state index in [-0.39, 0.29) is 16.7 Å². The summed E-state index contributed by atoms with van der Waals surface area (Å²) >= 11 is 0. The lowest BCUT2D eigenvalue weighted by atomic mass is 10.1. The average molecular weight is 537 g/mol. The van der Waals surface area contributed by atoms with Crippen LogP contribution in [0.1, 0.15) is 38.0 Å². The van der Waals surface area contributed by atoms with E-state index < -0.39 is 30.3 Å². The van der Waals surface area contributed by atoms with Crippen LogP contribution in [0.25, 0.3) is 0 Å². The number of amides is 3. The average Bonchev–Trinajstić information content (AvgIpc) is 3.23. The first-order valence-electron chi connectivity index (χ1n) is 12.5. The molecule has 4 aromatic carbocycles. The molecule has 9 nitrogen and oxygen atoms in total. The molecule has 4 aromatic rings. The van der Waals surface area contributed by atoms with E-state index in [1.807, 2.05) is 37.3 Å². The quantitative estimate of drug-likeness (QED) is 0.223. The molecule has 1 N–H and O–H groups in total. The summed E-state index contributed by atoms with van der Waals surface area (Å²) in [7, 11) is 0. The zero-order valence-electron chi connectivity index (χ0n) is 21.5. The summed E-state index contributed by atoms with van der Waals surface area (Å²) in [5.74, 6) is -0.497. The normalized spacial score (nSPS) is 12.1. The molecule has 0 aliphatic carbocycles. The van der Waals surface area contributed by atoms with Crippen LogP contribution < -0.4 is 19.7 Å². The van der Waals surface area contributed by atoms with Crippen LogP contribution >= 0.6 is 0 Å². The first kappa shape index (κ1) is 26.2. The molecule has 0 spiro atoms. The number of nitrogens with zero attached hydrogens (tertiary/aromatic N) is 1.